The number of aliphatic carboxylic acids is 1. The summed E-state index contributed by atoms with van der Waals surface area (Å²) in [5, 5.41) is 24.5. The summed E-state index contributed by atoms with van der Waals surface area (Å²) in [6.07, 6.45) is 15.5. The fraction of sp³-hybridized carbons (Fsp3) is 0.647. The van der Waals surface area contributed by atoms with Crippen molar-refractivity contribution in [3.63, 3.8) is 0 Å². The number of allylic oxidation sites excluding steroid dienone is 2. The van der Waals surface area contributed by atoms with Crippen molar-refractivity contribution in [2.75, 3.05) is 5.75 Å². The van der Waals surface area contributed by atoms with E-state index in [1.54, 1.807) is 4.68 Å². The molecule has 7 heteroatoms. The second-order valence-electron chi connectivity index (χ2n) is 6.46. The summed E-state index contributed by atoms with van der Waals surface area (Å²) in [4.78, 5) is 10.8. The molecular weight excluding hydrogens is 324 g/mol. The molecule has 1 saturated carbocycles. The van der Waals surface area contributed by atoms with Gasteiger partial charge in [0.15, 0.2) is 5.82 Å². The van der Waals surface area contributed by atoms with Crippen LogP contribution in [-0.4, -0.2) is 32.8 Å². The molecule has 1 fully saturated rings. The van der Waals surface area contributed by atoms with Crippen molar-refractivity contribution in [1.82, 2.24) is 14.9 Å². The van der Waals surface area contributed by atoms with Crippen molar-refractivity contribution >= 4 is 23.9 Å². The first-order valence-electron chi connectivity index (χ1n) is 8.71. The Hall–Kier alpha value is -1.63. The molecule has 130 valence electrons. The van der Waals surface area contributed by atoms with Gasteiger partial charge in [-0.15, -0.1) is 10.2 Å². The number of hydrogen-bond acceptors (Lipinski definition) is 6. The smallest absolute Gasteiger partial charge is 0.212 e. The van der Waals surface area contributed by atoms with Gasteiger partial charge in [0, 0.05) is 17.9 Å². The molecule has 2 aliphatic rings. The van der Waals surface area contributed by atoms with Gasteiger partial charge < -0.3 is 9.90 Å². The van der Waals surface area contributed by atoms with E-state index in [1.807, 2.05) is 6.21 Å². The zero-order valence-electron chi connectivity index (χ0n) is 13.8. The predicted octanol–water partition coefficient (Wildman–Crippen LogP) is 2.36. The van der Waals surface area contributed by atoms with Crippen molar-refractivity contribution in [2.45, 2.75) is 62.4 Å². The summed E-state index contributed by atoms with van der Waals surface area (Å²) in [6, 6.07) is 0. The van der Waals surface area contributed by atoms with Gasteiger partial charge in [0.1, 0.15) is 0 Å². The number of thioether (sulfide) groups is 1. The number of carbonyl (C=O) groups excluding carboxylic acids is 1. The Morgan fingerprint density at radius 1 is 1.29 bits per heavy atom. The SMILES string of the molecule is O=C([O-])CSc1nnc(C2CCCCC2)n1/N=C\[C@H]1CC=CCC1. The van der Waals surface area contributed by atoms with E-state index in [9.17, 15) is 9.90 Å². The van der Waals surface area contributed by atoms with Crippen molar-refractivity contribution in [2.24, 2.45) is 11.0 Å². The molecule has 0 bridgehead atoms. The van der Waals surface area contributed by atoms with Crippen LogP contribution in [0.4, 0.5) is 0 Å². The Morgan fingerprint density at radius 3 is 2.83 bits per heavy atom. The molecule has 0 spiro atoms. The average molecular weight is 347 g/mol. The highest BCUT2D eigenvalue weighted by Crippen LogP contribution is 2.33. The minimum absolute atomic E-state index is 0.134. The van der Waals surface area contributed by atoms with Crippen molar-refractivity contribution < 1.29 is 9.90 Å². The van der Waals surface area contributed by atoms with Crippen LogP contribution >= 0.6 is 11.8 Å². The third-order valence-electron chi connectivity index (χ3n) is 4.63. The molecule has 24 heavy (non-hydrogen) atoms. The zero-order chi connectivity index (χ0) is 16.8. The molecule has 0 unspecified atom stereocenters. The number of hydrogen-bond donors (Lipinski definition) is 0. The standard InChI is InChI=1S/C17H24N4O2S/c22-15(23)12-24-17-20-19-16(14-9-5-2-6-10-14)21(17)18-11-13-7-3-1-4-8-13/h1,3,11,13-14H,2,4-10,12H2,(H,22,23)/p-1/b18-11-/t13-/m0/s1. The molecule has 0 aliphatic heterocycles. The molecule has 3 rings (SSSR count). The zero-order valence-corrected chi connectivity index (χ0v) is 14.6. The van der Waals surface area contributed by atoms with E-state index in [-0.39, 0.29) is 5.75 Å². The van der Waals surface area contributed by atoms with E-state index >= 15 is 0 Å². The number of carboxylic acid groups (broad SMARTS) is 1. The van der Waals surface area contributed by atoms with Gasteiger partial charge in [-0.25, -0.2) is 0 Å². The highest BCUT2D eigenvalue weighted by molar-refractivity contribution is 7.99. The fourth-order valence-corrected chi connectivity index (χ4v) is 3.94. The summed E-state index contributed by atoms with van der Waals surface area (Å²) >= 11 is 1.13. The fourth-order valence-electron chi connectivity index (χ4n) is 3.33. The highest BCUT2D eigenvalue weighted by atomic mass is 32.2. The average Bonchev–Trinajstić information content (AvgIpc) is 3.02. The molecule has 0 amide bonds. The van der Waals surface area contributed by atoms with Gasteiger partial charge in [-0.3, -0.25) is 0 Å². The number of nitrogens with zero attached hydrogens (tertiary/aromatic N) is 4. The first-order chi connectivity index (χ1) is 11.7. The van der Waals surface area contributed by atoms with Crippen LogP contribution in [0.3, 0.4) is 0 Å². The lowest BCUT2D eigenvalue weighted by Crippen LogP contribution is -2.24. The van der Waals surface area contributed by atoms with Crippen LogP contribution in [0.25, 0.3) is 0 Å². The second kappa shape index (κ2) is 8.46. The Balaban J connectivity index is 1.80. The van der Waals surface area contributed by atoms with Crippen molar-refractivity contribution in [1.29, 1.82) is 0 Å². The maximum Gasteiger partial charge on any atom is 0.212 e. The van der Waals surface area contributed by atoms with E-state index in [1.165, 1.54) is 19.3 Å². The maximum atomic E-state index is 10.8. The molecule has 0 N–H and O–H groups in total. The van der Waals surface area contributed by atoms with Gasteiger partial charge in [-0.1, -0.05) is 43.2 Å². The van der Waals surface area contributed by atoms with Crippen LogP contribution in [0.5, 0.6) is 0 Å². The van der Waals surface area contributed by atoms with E-state index < -0.39 is 5.97 Å². The van der Waals surface area contributed by atoms with Gasteiger partial charge in [0.2, 0.25) is 5.16 Å². The van der Waals surface area contributed by atoms with E-state index in [4.69, 9.17) is 0 Å². The first-order valence-corrected chi connectivity index (χ1v) is 9.70. The highest BCUT2D eigenvalue weighted by Gasteiger charge is 2.23. The summed E-state index contributed by atoms with van der Waals surface area (Å²) < 4.78 is 1.77. The van der Waals surface area contributed by atoms with Crippen LogP contribution in [-0.2, 0) is 4.79 Å². The van der Waals surface area contributed by atoms with E-state index in [0.717, 1.165) is 49.7 Å². The molecule has 6 nitrogen and oxygen atoms in total. The second-order valence-corrected chi connectivity index (χ2v) is 7.40. The summed E-state index contributed by atoms with van der Waals surface area (Å²) in [5.74, 6) is 0.431. The number of carbonyl (C=O) groups is 1. The normalized spacial score (nSPS) is 22.2. The lowest BCUT2D eigenvalue weighted by Gasteiger charge is -2.20. The van der Waals surface area contributed by atoms with E-state index in [0.29, 0.717) is 17.0 Å². The lowest BCUT2D eigenvalue weighted by molar-refractivity contribution is -0.301. The predicted molar refractivity (Wildman–Crippen MR) is 92.0 cm³/mol. The van der Waals surface area contributed by atoms with Crippen molar-refractivity contribution in [3.05, 3.63) is 18.0 Å². The lowest BCUT2D eigenvalue weighted by atomic mass is 9.89. The Labute approximate surface area is 146 Å². The quantitative estimate of drug-likeness (QED) is 0.448. The summed E-state index contributed by atoms with van der Waals surface area (Å²) in [6.45, 7) is 0. The van der Waals surface area contributed by atoms with Crippen LogP contribution in [0.2, 0.25) is 0 Å². The maximum absolute atomic E-state index is 10.8. The van der Waals surface area contributed by atoms with Gasteiger partial charge in [-0.2, -0.15) is 9.78 Å². The largest absolute Gasteiger partial charge is 0.549 e. The molecule has 0 saturated heterocycles. The van der Waals surface area contributed by atoms with Crippen molar-refractivity contribution in [3.8, 4) is 0 Å². The topological polar surface area (TPSA) is 83.2 Å². The third kappa shape index (κ3) is 4.47. The van der Waals surface area contributed by atoms with Crippen LogP contribution in [0.15, 0.2) is 22.4 Å². The van der Waals surface area contributed by atoms with Crippen LogP contribution in [0.1, 0.15) is 63.1 Å². The Bertz CT molecular complexity index is 620. The van der Waals surface area contributed by atoms with Crippen LogP contribution in [0, 0.1) is 5.92 Å². The summed E-state index contributed by atoms with van der Waals surface area (Å²) in [7, 11) is 0. The number of aromatic nitrogens is 3. The first kappa shape index (κ1) is 17.2. The minimum Gasteiger partial charge on any atom is -0.549 e. The molecule has 0 aromatic carbocycles. The van der Waals surface area contributed by atoms with Gasteiger partial charge in [-0.05, 0) is 38.0 Å². The molecule has 1 aromatic heterocycles. The third-order valence-corrected chi connectivity index (χ3v) is 5.52. The van der Waals surface area contributed by atoms with E-state index in [2.05, 4.69) is 27.5 Å². The molecule has 1 heterocycles. The van der Waals surface area contributed by atoms with Gasteiger partial charge >= 0.3 is 0 Å². The van der Waals surface area contributed by atoms with Gasteiger partial charge in [0.05, 0.1) is 5.97 Å². The number of carboxylic acids is 1. The Kier molecular flexibility index (Phi) is 6.07. The molecular formula is C17H23N4O2S-. The number of rotatable bonds is 6. The minimum atomic E-state index is -1.10. The molecule has 1 aromatic rings. The molecule has 1 atom stereocenters. The summed E-state index contributed by atoms with van der Waals surface area (Å²) in [5.41, 5.74) is 0. The molecule has 0 radical (unpaired) electrons. The van der Waals surface area contributed by atoms with Crippen LogP contribution < -0.4 is 5.11 Å². The Morgan fingerprint density at radius 2 is 2.12 bits per heavy atom. The molecule has 2 aliphatic carbocycles. The monoisotopic (exact) mass is 347 g/mol. The van der Waals surface area contributed by atoms with Gasteiger partial charge in [0.25, 0.3) is 0 Å².